The topological polar surface area (TPSA) is 47.6 Å². The highest BCUT2D eigenvalue weighted by Crippen LogP contribution is 2.29. The van der Waals surface area contributed by atoms with Crippen molar-refractivity contribution >= 4 is 21.9 Å². The minimum Gasteiger partial charge on any atom is -0.496 e. The van der Waals surface area contributed by atoms with Gasteiger partial charge < -0.3 is 9.47 Å². The molecule has 1 unspecified atom stereocenters. The Labute approximate surface area is 121 Å². The van der Waals surface area contributed by atoms with Gasteiger partial charge in [0, 0.05) is 10.0 Å². The molecule has 1 N–H and O–H groups in total. The summed E-state index contributed by atoms with van der Waals surface area (Å²) in [5, 5.41) is 2.96. The molecular formula is C14H16BrNO3. The predicted octanol–water partition coefficient (Wildman–Crippen LogP) is 2.28. The molecule has 0 saturated heterocycles. The number of benzene rings is 1. The molecule has 1 aromatic carbocycles. The molecule has 102 valence electrons. The Morgan fingerprint density at radius 1 is 1.58 bits per heavy atom. The van der Waals surface area contributed by atoms with Gasteiger partial charge in [-0.2, -0.15) is 0 Å². The first-order valence-corrected chi connectivity index (χ1v) is 6.60. The normalized spacial score (nSPS) is 11.5. The Hall–Kier alpha value is -1.51. The van der Waals surface area contributed by atoms with Crippen molar-refractivity contribution in [3.8, 4) is 18.1 Å². The van der Waals surface area contributed by atoms with Crippen LogP contribution in [0.2, 0.25) is 0 Å². The zero-order chi connectivity index (χ0) is 14.3. The van der Waals surface area contributed by atoms with Crippen molar-refractivity contribution in [2.24, 2.45) is 0 Å². The quantitative estimate of drug-likeness (QED) is 0.644. The first kappa shape index (κ1) is 15.5. The molecule has 0 aliphatic rings. The minimum atomic E-state index is -0.650. The van der Waals surface area contributed by atoms with E-state index in [1.807, 2.05) is 12.1 Å². The van der Waals surface area contributed by atoms with Crippen molar-refractivity contribution in [3.63, 3.8) is 0 Å². The molecule has 0 heterocycles. The van der Waals surface area contributed by atoms with Crippen LogP contribution in [0.5, 0.6) is 5.75 Å². The fourth-order valence-electron chi connectivity index (χ4n) is 1.64. The van der Waals surface area contributed by atoms with Crippen LogP contribution < -0.4 is 10.1 Å². The van der Waals surface area contributed by atoms with E-state index in [1.54, 1.807) is 20.1 Å². The summed E-state index contributed by atoms with van der Waals surface area (Å²) >= 11 is 3.37. The smallest absolute Gasteiger partial charge is 0.327 e. The van der Waals surface area contributed by atoms with Gasteiger partial charge in [-0.05, 0) is 25.1 Å². The summed E-state index contributed by atoms with van der Waals surface area (Å²) in [4.78, 5) is 12.0. The first-order valence-electron chi connectivity index (χ1n) is 5.81. The highest BCUT2D eigenvalue weighted by molar-refractivity contribution is 9.10. The van der Waals surface area contributed by atoms with Gasteiger partial charge in [0.2, 0.25) is 0 Å². The summed E-state index contributed by atoms with van der Waals surface area (Å²) < 4.78 is 11.2. The molecule has 1 aromatic rings. The summed E-state index contributed by atoms with van der Waals surface area (Å²) in [7, 11) is 1.55. The molecule has 0 radical (unpaired) electrons. The number of hydrogen-bond acceptors (Lipinski definition) is 4. The van der Waals surface area contributed by atoms with Crippen LogP contribution in [0.1, 0.15) is 18.5 Å². The Balaban J connectivity index is 3.12. The SMILES string of the molecule is C#CCNC(C(=O)OCC)c1cc(Br)ccc1OC. The van der Waals surface area contributed by atoms with E-state index in [1.165, 1.54) is 0 Å². The van der Waals surface area contributed by atoms with E-state index >= 15 is 0 Å². The summed E-state index contributed by atoms with van der Waals surface area (Å²) in [6, 6.07) is 4.78. The van der Waals surface area contributed by atoms with Gasteiger partial charge in [0.1, 0.15) is 11.8 Å². The predicted molar refractivity (Wildman–Crippen MR) is 76.9 cm³/mol. The van der Waals surface area contributed by atoms with Crippen LogP contribution in [-0.2, 0) is 9.53 Å². The molecule has 1 rings (SSSR count). The number of rotatable bonds is 6. The lowest BCUT2D eigenvalue weighted by Gasteiger charge is -2.19. The minimum absolute atomic E-state index is 0.263. The first-order chi connectivity index (χ1) is 9.13. The Morgan fingerprint density at radius 2 is 2.32 bits per heavy atom. The van der Waals surface area contributed by atoms with Crippen LogP contribution in [0.3, 0.4) is 0 Å². The fourth-order valence-corrected chi connectivity index (χ4v) is 2.02. The third kappa shape index (κ3) is 4.27. The third-order valence-corrected chi connectivity index (χ3v) is 2.93. The number of ether oxygens (including phenoxy) is 2. The maximum atomic E-state index is 12.0. The van der Waals surface area contributed by atoms with Crippen molar-refractivity contribution in [3.05, 3.63) is 28.2 Å². The van der Waals surface area contributed by atoms with E-state index in [2.05, 4.69) is 27.2 Å². The number of esters is 1. The van der Waals surface area contributed by atoms with Gasteiger partial charge >= 0.3 is 5.97 Å². The average molecular weight is 326 g/mol. The molecule has 0 spiro atoms. The second kappa shape index (κ2) is 7.82. The van der Waals surface area contributed by atoms with Gasteiger partial charge in [-0.25, -0.2) is 4.79 Å². The lowest BCUT2D eigenvalue weighted by molar-refractivity contribution is -0.145. The van der Waals surface area contributed by atoms with Gasteiger partial charge in [-0.1, -0.05) is 21.9 Å². The van der Waals surface area contributed by atoms with E-state index in [0.717, 1.165) is 4.47 Å². The molecule has 0 aliphatic heterocycles. The van der Waals surface area contributed by atoms with Crippen molar-refractivity contribution < 1.29 is 14.3 Å². The number of methoxy groups -OCH3 is 1. The molecule has 5 heteroatoms. The van der Waals surface area contributed by atoms with Crippen LogP contribution >= 0.6 is 15.9 Å². The maximum Gasteiger partial charge on any atom is 0.327 e. The number of halogens is 1. The van der Waals surface area contributed by atoms with Crippen LogP contribution in [0, 0.1) is 12.3 Å². The van der Waals surface area contributed by atoms with Crippen LogP contribution in [0.15, 0.2) is 22.7 Å². The monoisotopic (exact) mass is 325 g/mol. The molecule has 4 nitrogen and oxygen atoms in total. The fraction of sp³-hybridized carbons (Fsp3) is 0.357. The van der Waals surface area contributed by atoms with E-state index in [-0.39, 0.29) is 12.5 Å². The van der Waals surface area contributed by atoms with Crippen molar-refractivity contribution in [1.29, 1.82) is 0 Å². The molecule has 19 heavy (non-hydrogen) atoms. The molecule has 0 amide bonds. The molecule has 0 aliphatic carbocycles. The Bertz CT molecular complexity index is 482. The van der Waals surface area contributed by atoms with Crippen molar-refractivity contribution in [2.45, 2.75) is 13.0 Å². The largest absolute Gasteiger partial charge is 0.496 e. The lowest BCUT2D eigenvalue weighted by atomic mass is 10.1. The maximum absolute atomic E-state index is 12.0. The number of nitrogens with one attached hydrogen (secondary N) is 1. The molecule has 0 aromatic heterocycles. The molecule has 0 fully saturated rings. The molecule has 1 atom stereocenters. The summed E-state index contributed by atoms with van der Waals surface area (Å²) in [5.74, 6) is 2.67. The summed E-state index contributed by atoms with van der Waals surface area (Å²) in [6.45, 7) is 2.33. The van der Waals surface area contributed by atoms with Gasteiger partial charge in [0.15, 0.2) is 0 Å². The van der Waals surface area contributed by atoms with Crippen LogP contribution in [0.4, 0.5) is 0 Å². The summed E-state index contributed by atoms with van der Waals surface area (Å²) in [6.07, 6.45) is 5.22. The number of carbonyl (C=O) groups excluding carboxylic acids is 1. The van der Waals surface area contributed by atoms with Crippen LogP contribution in [-0.4, -0.2) is 26.2 Å². The van der Waals surface area contributed by atoms with E-state index < -0.39 is 6.04 Å². The summed E-state index contributed by atoms with van der Waals surface area (Å²) in [5.41, 5.74) is 0.686. The highest BCUT2D eigenvalue weighted by atomic mass is 79.9. The molecular weight excluding hydrogens is 310 g/mol. The number of hydrogen-bond donors (Lipinski definition) is 1. The standard InChI is InChI=1S/C14H16BrNO3/c1-4-8-16-13(14(17)19-5-2)11-9-10(15)6-7-12(11)18-3/h1,6-7,9,13,16H,5,8H2,2-3H3. The molecule has 0 saturated carbocycles. The Kier molecular flexibility index (Phi) is 6.40. The molecule has 0 bridgehead atoms. The van der Waals surface area contributed by atoms with Crippen molar-refractivity contribution in [1.82, 2.24) is 5.32 Å². The lowest BCUT2D eigenvalue weighted by Crippen LogP contribution is -2.31. The second-order valence-electron chi connectivity index (χ2n) is 3.66. The zero-order valence-electron chi connectivity index (χ0n) is 10.9. The zero-order valence-corrected chi connectivity index (χ0v) is 12.5. The Morgan fingerprint density at radius 3 is 2.89 bits per heavy atom. The second-order valence-corrected chi connectivity index (χ2v) is 4.57. The number of terminal acetylenes is 1. The van der Waals surface area contributed by atoms with Crippen LogP contribution in [0.25, 0.3) is 0 Å². The highest BCUT2D eigenvalue weighted by Gasteiger charge is 2.24. The van der Waals surface area contributed by atoms with E-state index in [0.29, 0.717) is 17.9 Å². The van der Waals surface area contributed by atoms with Gasteiger partial charge in [0.05, 0.1) is 20.3 Å². The van der Waals surface area contributed by atoms with Gasteiger partial charge in [-0.15, -0.1) is 6.42 Å². The third-order valence-electron chi connectivity index (χ3n) is 2.43. The average Bonchev–Trinajstić information content (AvgIpc) is 2.40. The number of carbonyl (C=O) groups is 1. The van der Waals surface area contributed by atoms with E-state index in [4.69, 9.17) is 15.9 Å². The van der Waals surface area contributed by atoms with Gasteiger partial charge in [-0.3, -0.25) is 5.32 Å². The van der Waals surface area contributed by atoms with Gasteiger partial charge in [0.25, 0.3) is 0 Å². The van der Waals surface area contributed by atoms with E-state index in [9.17, 15) is 4.79 Å². The van der Waals surface area contributed by atoms with Crippen molar-refractivity contribution in [2.75, 3.05) is 20.3 Å².